The maximum Gasteiger partial charge on any atom is 0.303 e. The van der Waals surface area contributed by atoms with Crippen LogP contribution in [0.2, 0.25) is 0 Å². The van der Waals surface area contributed by atoms with Crippen LogP contribution in [0.5, 0.6) is 0 Å². The molecule has 0 radical (unpaired) electrons. The molecule has 2 aromatic carbocycles. The van der Waals surface area contributed by atoms with E-state index in [0.29, 0.717) is 43.6 Å². The van der Waals surface area contributed by atoms with Crippen molar-refractivity contribution in [3.8, 4) is 0 Å². The third-order valence-corrected chi connectivity index (χ3v) is 6.32. The number of carboxylic acids is 1. The summed E-state index contributed by atoms with van der Waals surface area (Å²) in [7, 11) is 0. The highest BCUT2D eigenvalue weighted by molar-refractivity contribution is 6.21. The molecule has 4 rings (SSSR count). The molecule has 2 aromatic rings. The van der Waals surface area contributed by atoms with Gasteiger partial charge in [0, 0.05) is 25.6 Å². The lowest BCUT2D eigenvalue weighted by Gasteiger charge is -2.36. The van der Waals surface area contributed by atoms with Crippen molar-refractivity contribution in [2.45, 2.75) is 44.6 Å². The molecule has 0 bridgehead atoms. The van der Waals surface area contributed by atoms with Gasteiger partial charge < -0.3 is 5.11 Å². The van der Waals surface area contributed by atoms with Crippen molar-refractivity contribution < 1.29 is 19.5 Å². The first-order valence-corrected chi connectivity index (χ1v) is 11.0. The van der Waals surface area contributed by atoms with E-state index in [1.807, 2.05) is 0 Å². The molecule has 6 nitrogen and oxygen atoms in total. The molecule has 0 fully saturated rings. The zero-order valence-electron chi connectivity index (χ0n) is 17.6. The van der Waals surface area contributed by atoms with Gasteiger partial charge >= 0.3 is 5.97 Å². The van der Waals surface area contributed by atoms with Crippen LogP contribution in [-0.4, -0.2) is 52.3 Å². The van der Waals surface area contributed by atoms with E-state index in [1.54, 1.807) is 24.3 Å². The second kappa shape index (κ2) is 9.43. The van der Waals surface area contributed by atoms with E-state index in [2.05, 4.69) is 29.2 Å². The summed E-state index contributed by atoms with van der Waals surface area (Å²) in [6.07, 6.45) is 4.61. The van der Waals surface area contributed by atoms with Gasteiger partial charge in [0.25, 0.3) is 11.8 Å². The fourth-order valence-electron chi connectivity index (χ4n) is 4.84. The average Bonchev–Trinajstić information content (AvgIpc) is 3.02. The van der Waals surface area contributed by atoms with Crippen molar-refractivity contribution in [2.75, 3.05) is 19.6 Å². The fourth-order valence-corrected chi connectivity index (χ4v) is 4.84. The van der Waals surface area contributed by atoms with Gasteiger partial charge in [-0.15, -0.1) is 0 Å². The molecule has 1 heterocycles. The molecule has 1 N–H and O–H groups in total. The molecule has 1 aliphatic carbocycles. The highest BCUT2D eigenvalue weighted by atomic mass is 16.4. The molecule has 0 saturated heterocycles. The van der Waals surface area contributed by atoms with Crippen LogP contribution < -0.4 is 0 Å². The Morgan fingerprint density at radius 2 is 1.61 bits per heavy atom. The van der Waals surface area contributed by atoms with Crippen LogP contribution in [0.15, 0.2) is 48.5 Å². The van der Waals surface area contributed by atoms with Gasteiger partial charge in [0.05, 0.1) is 11.1 Å². The Balaban J connectivity index is 1.43. The number of fused-ring (bicyclic) bond motifs is 2. The third-order valence-electron chi connectivity index (χ3n) is 6.32. The van der Waals surface area contributed by atoms with Crippen LogP contribution in [0.3, 0.4) is 0 Å². The minimum atomic E-state index is -0.782. The summed E-state index contributed by atoms with van der Waals surface area (Å²) < 4.78 is 0. The van der Waals surface area contributed by atoms with Gasteiger partial charge in [-0.05, 0) is 61.9 Å². The van der Waals surface area contributed by atoms with Crippen molar-refractivity contribution in [3.05, 3.63) is 70.8 Å². The Bertz CT molecular complexity index is 952. The molecule has 0 aromatic heterocycles. The molecule has 6 heteroatoms. The van der Waals surface area contributed by atoms with E-state index in [9.17, 15) is 14.4 Å². The number of carbonyl (C=O) groups is 3. The van der Waals surface area contributed by atoms with E-state index in [0.717, 1.165) is 19.3 Å². The quantitative estimate of drug-likeness (QED) is 0.622. The first kappa shape index (κ1) is 21.2. The van der Waals surface area contributed by atoms with Crippen LogP contribution in [-0.2, 0) is 11.2 Å². The molecule has 31 heavy (non-hydrogen) atoms. The second-order valence-corrected chi connectivity index (χ2v) is 8.30. The Labute approximate surface area is 182 Å². The van der Waals surface area contributed by atoms with Crippen LogP contribution in [0.1, 0.15) is 70.0 Å². The molecule has 162 valence electrons. The minimum absolute atomic E-state index is 0.142. The van der Waals surface area contributed by atoms with Crippen molar-refractivity contribution in [3.63, 3.8) is 0 Å². The van der Waals surface area contributed by atoms with E-state index in [1.165, 1.54) is 16.0 Å². The highest BCUT2D eigenvalue weighted by Gasteiger charge is 2.35. The van der Waals surface area contributed by atoms with Gasteiger partial charge in [0.2, 0.25) is 0 Å². The predicted octanol–water partition coefficient (Wildman–Crippen LogP) is 3.92. The SMILES string of the molecule is O=C(O)CCCN(CCCN1C(=O)c2ccccc2C1=O)C1CCCc2ccccc21. The summed E-state index contributed by atoms with van der Waals surface area (Å²) in [5.74, 6) is -1.22. The number of nitrogens with zero attached hydrogens (tertiary/aromatic N) is 2. The monoisotopic (exact) mass is 420 g/mol. The Morgan fingerprint density at radius 3 is 2.32 bits per heavy atom. The van der Waals surface area contributed by atoms with Crippen molar-refractivity contribution in [1.29, 1.82) is 0 Å². The van der Waals surface area contributed by atoms with Crippen molar-refractivity contribution in [2.24, 2.45) is 0 Å². The molecular weight excluding hydrogens is 392 g/mol. The van der Waals surface area contributed by atoms with Gasteiger partial charge in [-0.2, -0.15) is 0 Å². The maximum atomic E-state index is 12.6. The number of hydrogen-bond acceptors (Lipinski definition) is 4. The van der Waals surface area contributed by atoms with E-state index in [-0.39, 0.29) is 24.3 Å². The molecule has 1 aliphatic heterocycles. The average molecular weight is 421 g/mol. The number of aryl methyl sites for hydroxylation is 1. The third kappa shape index (κ3) is 4.54. The molecular formula is C25H28N2O4. The van der Waals surface area contributed by atoms with E-state index < -0.39 is 5.97 Å². The summed E-state index contributed by atoms with van der Waals surface area (Å²) in [6.45, 7) is 1.77. The normalized spacial score (nSPS) is 17.7. The van der Waals surface area contributed by atoms with Crippen molar-refractivity contribution >= 4 is 17.8 Å². The zero-order valence-corrected chi connectivity index (χ0v) is 17.6. The van der Waals surface area contributed by atoms with Crippen LogP contribution >= 0.6 is 0 Å². The molecule has 0 saturated carbocycles. The number of amides is 2. The zero-order chi connectivity index (χ0) is 21.8. The lowest BCUT2D eigenvalue weighted by Crippen LogP contribution is -2.36. The summed E-state index contributed by atoms with van der Waals surface area (Å²) in [5.41, 5.74) is 3.64. The largest absolute Gasteiger partial charge is 0.481 e. The van der Waals surface area contributed by atoms with Crippen LogP contribution in [0.25, 0.3) is 0 Å². The van der Waals surface area contributed by atoms with Crippen LogP contribution in [0, 0.1) is 0 Å². The molecule has 1 atom stereocenters. The summed E-state index contributed by atoms with van der Waals surface area (Å²) in [5, 5.41) is 9.06. The molecule has 1 unspecified atom stereocenters. The Morgan fingerprint density at radius 1 is 0.968 bits per heavy atom. The standard InChI is InChI=1S/C25H28N2O4/c28-23(29)14-6-15-26(22-13-5-9-18-8-1-2-10-19(18)22)16-7-17-27-24(30)20-11-3-4-12-21(20)25(27)31/h1-4,8,10-12,22H,5-7,9,13-17H2,(H,28,29). The first-order valence-electron chi connectivity index (χ1n) is 11.0. The number of aliphatic carboxylic acids is 1. The Kier molecular flexibility index (Phi) is 6.47. The number of benzene rings is 2. The van der Waals surface area contributed by atoms with Crippen molar-refractivity contribution in [1.82, 2.24) is 9.80 Å². The lowest BCUT2D eigenvalue weighted by atomic mass is 9.86. The summed E-state index contributed by atoms with van der Waals surface area (Å²) >= 11 is 0. The second-order valence-electron chi connectivity index (χ2n) is 8.30. The van der Waals surface area contributed by atoms with Gasteiger partial charge in [-0.3, -0.25) is 24.2 Å². The lowest BCUT2D eigenvalue weighted by molar-refractivity contribution is -0.137. The topological polar surface area (TPSA) is 77.9 Å². The first-order chi connectivity index (χ1) is 15.1. The number of carbonyl (C=O) groups excluding carboxylic acids is 2. The molecule has 2 amide bonds. The van der Waals surface area contributed by atoms with Crippen LogP contribution in [0.4, 0.5) is 0 Å². The summed E-state index contributed by atoms with van der Waals surface area (Å²) in [4.78, 5) is 40.0. The van der Waals surface area contributed by atoms with Gasteiger partial charge in [-0.1, -0.05) is 36.4 Å². The fraction of sp³-hybridized carbons (Fsp3) is 0.400. The number of rotatable bonds is 9. The summed E-state index contributed by atoms with van der Waals surface area (Å²) in [6, 6.07) is 15.7. The van der Waals surface area contributed by atoms with Gasteiger partial charge in [0.1, 0.15) is 0 Å². The molecule has 2 aliphatic rings. The number of hydrogen-bond donors (Lipinski definition) is 1. The number of imide groups is 1. The molecule has 0 spiro atoms. The van der Waals surface area contributed by atoms with E-state index in [4.69, 9.17) is 5.11 Å². The smallest absolute Gasteiger partial charge is 0.303 e. The highest BCUT2D eigenvalue weighted by Crippen LogP contribution is 2.34. The predicted molar refractivity (Wildman–Crippen MR) is 117 cm³/mol. The minimum Gasteiger partial charge on any atom is -0.481 e. The number of carboxylic acid groups (broad SMARTS) is 1. The Hall–Kier alpha value is -2.99. The maximum absolute atomic E-state index is 12.6. The van der Waals surface area contributed by atoms with Gasteiger partial charge in [-0.25, -0.2) is 0 Å². The van der Waals surface area contributed by atoms with E-state index >= 15 is 0 Å². The van der Waals surface area contributed by atoms with Gasteiger partial charge in [0.15, 0.2) is 0 Å².